The van der Waals surface area contributed by atoms with Gasteiger partial charge in [-0.05, 0) is 55.7 Å². The first kappa shape index (κ1) is 23.2. The van der Waals surface area contributed by atoms with E-state index in [1.54, 1.807) is 24.3 Å². The van der Waals surface area contributed by atoms with Crippen LogP contribution in [0.15, 0.2) is 39.5 Å². The molecule has 32 heavy (non-hydrogen) atoms. The molecule has 1 aromatic heterocycles. The highest BCUT2D eigenvalue weighted by molar-refractivity contribution is 5.86. The van der Waals surface area contributed by atoms with Crippen LogP contribution in [0.25, 0.3) is 22.3 Å². The molecule has 170 valence electrons. The molecule has 0 unspecified atom stereocenters. The second-order valence-corrected chi connectivity index (χ2v) is 7.48. The minimum absolute atomic E-state index is 0.0517. The SMILES string of the molecule is CCCCOC(=O)COc1c(-c2ccc(OC)c(OC)c2)oc2cc(C)cc(C)c2c1=O. The van der Waals surface area contributed by atoms with Crippen LogP contribution in [0, 0.1) is 13.8 Å². The number of ether oxygens (including phenoxy) is 4. The molecular formula is C25H28O7. The highest BCUT2D eigenvalue weighted by Gasteiger charge is 2.21. The van der Waals surface area contributed by atoms with E-state index in [0.717, 1.165) is 24.0 Å². The lowest BCUT2D eigenvalue weighted by Crippen LogP contribution is -2.19. The van der Waals surface area contributed by atoms with E-state index in [2.05, 4.69) is 0 Å². The molecule has 7 heteroatoms. The highest BCUT2D eigenvalue weighted by Crippen LogP contribution is 2.37. The van der Waals surface area contributed by atoms with E-state index >= 15 is 0 Å². The second kappa shape index (κ2) is 10.2. The van der Waals surface area contributed by atoms with Gasteiger partial charge < -0.3 is 23.4 Å². The molecule has 0 aliphatic carbocycles. The number of fused-ring (bicyclic) bond motifs is 1. The Hall–Kier alpha value is -3.48. The van der Waals surface area contributed by atoms with E-state index < -0.39 is 12.6 Å². The van der Waals surface area contributed by atoms with Gasteiger partial charge in [-0.25, -0.2) is 4.79 Å². The quantitative estimate of drug-likeness (QED) is 0.348. The van der Waals surface area contributed by atoms with Crippen molar-refractivity contribution in [3.05, 3.63) is 51.7 Å². The molecule has 0 atom stereocenters. The fourth-order valence-corrected chi connectivity index (χ4v) is 3.47. The van der Waals surface area contributed by atoms with Crippen LogP contribution in [0.5, 0.6) is 17.2 Å². The number of carbonyl (C=O) groups excluding carboxylic acids is 1. The van der Waals surface area contributed by atoms with Crippen LogP contribution >= 0.6 is 0 Å². The van der Waals surface area contributed by atoms with Crippen molar-refractivity contribution in [2.45, 2.75) is 33.6 Å². The number of aryl methyl sites for hydroxylation is 2. The predicted octanol–water partition coefficient (Wildman–Crippen LogP) is 4.82. The molecule has 0 N–H and O–H groups in total. The summed E-state index contributed by atoms with van der Waals surface area (Å²) < 4.78 is 27.7. The van der Waals surface area contributed by atoms with Crippen molar-refractivity contribution >= 4 is 16.9 Å². The Balaban J connectivity index is 2.12. The van der Waals surface area contributed by atoms with E-state index in [1.807, 2.05) is 26.8 Å². The third kappa shape index (κ3) is 4.88. The summed E-state index contributed by atoms with van der Waals surface area (Å²) in [5.41, 5.74) is 2.37. The summed E-state index contributed by atoms with van der Waals surface area (Å²) in [7, 11) is 3.06. The first-order valence-electron chi connectivity index (χ1n) is 10.5. The van der Waals surface area contributed by atoms with E-state index in [9.17, 15) is 9.59 Å². The zero-order chi connectivity index (χ0) is 23.3. The molecule has 0 amide bonds. The second-order valence-electron chi connectivity index (χ2n) is 7.48. The molecule has 3 aromatic rings. The Morgan fingerprint density at radius 3 is 2.47 bits per heavy atom. The number of hydrogen-bond donors (Lipinski definition) is 0. The van der Waals surface area contributed by atoms with Gasteiger partial charge in [0.2, 0.25) is 11.2 Å². The zero-order valence-corrected chi connectivity index (χ0v) is 19.1. The lowest BCUT2D eigenvalue weighted by molar-refractivity contribution is -0.146. The molecular weight excluding hydrogens is 412 g/mol. The van der Waals surface area contributed by atoms with Gasteiger partial charge in [0.25, 0.3) is 0 Å². The molecule has 0 aliphatic rings. The summed E-state index contributed by atoms with van der Waals surface area (Å²) in [5.74, 6) is 0.613. The van der Waals surface area contributed by atoms with Crippen LogP contribution in [0.2, 0.25) is 0 Å². The minimum atomic E-state index is -0.545. The maximum absolute atomic E-state index is 13.4. The fourth-order valence-electron chi connectivity index (χ4n) is 3.47. The van der Waals surface area contributed by atoms with Crippen molar-refractivity contribution in [3.63, 3.8) is 0 Å². The maximum Gasteiger partial charge on any atom is 0.344 e. The monoisotopic (exact) mass is 440 g/mol. The molecule has 3 rings (SSSR count). The largest absolute Gasteiger partial charge is 0.493 e. The van der Waals surface area contributed by atoms with Crippen LogP contribution < -0.4 is 19.6 Å². The third-order valence-corrected chi connectivity index (χ3v) is 5.04. The summed E-state index contributed by atoms with van der Waals surface area (Å²) in [6.07, 6.45) is 1.67. The topological polar surface area (TPSA) is 84.2 Å². The Kier molecular flexibility index (Phi) is 7.41. The highest BCUT2D eigenvalue weighted by atomic mass is 16.6. The van der Waals surface area contributed by atoms with Crippen LogP contribution in [0.1, 0.15) is 30.9 Å². The average molecular weight is 440 g/mol. The summed E-state index contributed by atoms with van der Waals surface area (Å²) in [6, 6.07) is 8.84. The number of unbranched alkanes of at least 4 members (excludes halogenated alkanes) is 1. The molecule has 0 radical (unpaired) electrons. The van der Waals surface area contributed by atoms with Crippen LogP contribution in [-0.4, -0.2) is 33.4 Å². The normalized spacial score (nSPS) is 10.8. The molecule has 2 aromatic carbocycles. The number of benzene rings is 2. The first-order valence-corrected chi connectivity index (χ1v) is 10.5. The van der Waals surface area contributed by atoms with Gasteiger partial charge in [0.1, 0.15) is 5.58 Å². The van der Waals surface area contributed by atoms with Gasteiger partial charge in [-0.15, -0.1) is 0 Å². The average Bonchev–Trinajstić information content (AvgIpc) is 2.77. The number of hydrogen-bond acceptors (Lipinski definition) is 7. The molecule has 0 spiro atoms. The third-order valence-electron chi connectivity index (χ3n) is 5.04. The molecule has 0 saturated heterocycles. The zero-order valence-electron chi connectivity index (χ0n) is 19.1. The van der Waals surface area contributed by atoms with Crippen molar-refractivity contribution in [1.82, 2.24) is 0 Å². The number of rotatable bonds is 9. The van der Waals surface area contributed by atoms with Gasteiger partial charge in [0.05, 0.1) is 26.2 Å². The summed E-state index contributed by atoms with van der Waals surface area (Å²) in [5, 5.41) is 0.411. The molecule has 0 saturated carbocycles. The predicted molar refractivity (Wildman–Crippen MR) is 122 cm³/mol. The smallest absolute Gasteiger partial charge is 0.344 e. The Bertz CT molecular complexity index is 1180. The van der Waals surface area contributed by atoms with Gasteiger partial charge >= 0.3 is 5.97 Å². The van der Waals surface area contributed by atoms with Crippen molar-refractivity contribution in [1.29, 1.82) is 0 Å². The fraction of sp³-hybridized carbons (Fsp3) is 0.360. The van der Waals surface area contributed by atoms with E-state index in [-0.39, 0.29) is 16.9 Å². The molecule has 0 bridgehead atoms. The van der Waals surface area contributed by atoms with Crippen LogP contribution in [-0.2, 0) is 9.53 Å². The number of esters is 1. The van der Waals surface area contributed by atoms with Crippen molar-refractivity contribution in [3.8, 4) is 28.6 Å². The lowest BCUT2D eigenvalue weighted by Gasteiger charge is -2.14. The molecule has 0 aliphatic heterocycles. The van der Waals surface area contributed by atoms with Crippen molar-refractivity contribution in [2.75, 3.05) is 27.4 Å². The minimum Gasteiger partial charge on any atom is -0.493 e. The van der Waals surface area contributed by atoms with Crippen LogP contribution in [0.4, 0.5) is 0 Å². The van der Waals surface area contributed by atoms with Gasteiger partial charge in [-0.1, -0.05) is 19.4 Å². The maximum atomic E-state index is 13.4. The summed E-state index contributed by atoms with van der Waals surface area (Å²) >= 11 is 0. The number of carbonyl (C=O) groups is 1. The van der Waals surface area contributed by atoms with E-state index in [0.29, 0.717) is 34.6 Å². The van der Waals surface area contributed by atoms with Crippen molar-refractivity contribution in [2.24, 2.45) is 0 Å². The van der Waals surface area contributed by atoms with E-state index in [4.69, 9.17) is 23.4 Å². The lowest BCUT2D eigenvalue weighted by atomic mass is 10.0. The van der Waals surface area contributed by atoms with Gasteiger partial charge in [-0.2, -0.15) is 0 Å². The van der Waals surface area contributed by atoms with Gasteiger partial charge in [0, 0.05) is 5.56 Å². The molecule has 1 heterocycles. The van der Waals surface area contributed by atoms with Crippen LogP contribution in [0.3, 0.4) is 0 Å². The van der Waals surface area contributed by atoms with E-state index in [1.165, 1.54) is 14.2 Å². The van der Waals surface area contributed by atoms with Gasteiger partial charge in [0.15, 0.2) is 23.9 Å². The Morgan fingerprint density at radius 2 is 1.78 bits per heavy atom. The number of methoxy groups -OCH3 is 2. The summed E-state index contributed by atoms with van der Waals surface area (Å²) in [4.78, 5) is 25.5. The van der Waals surface area contributed by atoms with Crippen molar-refractivity contribution < 1.29 is 28.2 Å². The summed E-state index contributed by atoms with van der Waals surface area (Å²) in [6.45, 7) is 5.69. The Labute approximate surface area is 186 Å². The molecule has 7 nitrogen and oxygen atoms in total. The Morgan fingerprint density at radius 1 is 1.03 bits per heavy atom. The molecule has 0 fully saturated rings. The first-order chi connectivity index (χ1) is 15.4. The standard InChI is InChI=1S/C25H28O7/c1-6-7-10-30-21(26)14-31-25-23(27)22-16(3)11-15(2)12-20(22)32-24(25)17-8-9-18(28-4)19(13-17)29-5/h8-9,11-13H,6-7,10,14H2,1-5H3. The van der Waals surface area contributed by atoms with Gasteiger partial charge in [-0.3, -0.25) is 4.79 Å².